The quantitative estimate of drug-likeness (QED) is 0.522. The van der Waals surface area contributed by atoms with Crippen molar-refractivity contribution in [3.8, 4) is 0 Å². The van der Waals surface area contributed by atoms with Crippen molar-refractivity contribution in [1.29, 1.82) is 0 Å². The fraction of sp³-hybridized carbons (Fsp3) is 0.400. The van der Waals surface area contributed by atoms with Gasteiger partial charge in [0.25, 0.3) is 0 Å². The van der Waals surface area contributed by atoms with Gasteiger partial charge in [0, 0.05) is 0 Å². The summed E-state index contributed by atoms with van der Waals surface area (Å²) in [6.45, 7) is 8.55. The molecule has 0 fully saturated rings. The van der Waals surface area contributed by atoms with Gasteiger partial charge in [0.2, 0.25) is 0 Å². The minimum absolute atomic E-state index is 1.08. The normalized spacial score (nSPS) is 8.36. The largest absolute Gasteiger partial charge is 0.129 e. The van der Waals surface area contributed by atoms with Crippen molar-refractivity contribution >= 4 is 8.58 Å². The van der Waals surface area contributed by atoms with Gasteiger partial charge in [-0.25, -0.2) is 0 Å². The summed E-state index contributed by atoms with van der Waals surface area (Å²) in [5.41, 5.74) is 2.74. The molecule has 0 spiro atoms. The van der Waals surface area contributed by atoms with Crippen LogP contribution in [0.4, 0.5) is 0 Å². The molecular formula is C10H17P. The molecule has 62 valence electrons. The number of hydrogen-bond donors (Lipinski definition) is 0. The highest BCUT2D eigenvalue weighted by atomic mass is 31.1. The lowest BCUT2D eigenvalue weighted by Gasteiger charge is -1.93. The highest BCUT2D eigenvalue weighted by Crippen LogP contribution is 2.02. The van der Waals surface area contributed by atoms with Crippen LogP contribution in [-0.4, -0.2) is 13.3 Å². The minimum atomic E-state index is 1.08. The summed E-state index contributed by atoms with van der Waals surface area (Å²) in [7, 11) is 1.08. The Morgan fingerprint density at radius 2 is 1.18 bits per heavy atom. The molecule has 0 aliphatic heterocycles. The van der Waals surface area contributed by atoms with E-state index in [4.69, 9.17) is 0 Å². The van der Waals surface area contributed by atoms with Crippen LogP contribution in [0.5, 0.6) is 0 Å². The lowest BCUT2D eigenvalue weighted by Crippen LogP contribution is -1.74. The van der Waals surface area contributed by atoms with E-state index in [1.165, 1.54) is 11.1 Å². The zero-order chi connectivity index (χ0) is 8.69. The Kier molecular flexibility index (Phi) is 6.16. The van der Waals surface area contributed by atoms with E-state index in [-0.39, 0.29) is 0 Å². The van der Waals surface area contributed by atoms with Gasteiger partial charge in [-0.1, -0.05) is 24.3 Å². The average Bonchev–Trinajstić information content (AvgIpc) is 1.97. The van der Waals surface area contributed by atoms with E-state index in [2.05, 4.69) is 51.4 Å². The fourth-order valence-electron chi connectivity index (χ4n) is 0.663. The molecule has 0 N–H and O–H groups in total. The molecule has 0 aliphatic carbocycles. The Morgan fingerprint density at radius 1 is 0.909 bits per heavy atom. The van der Waals surface area contributed by atoms with Crippen LogP contribution in [0.25, 0.3) is 0 Å². The third kappa shape index (κ3) is 4.98. The van der Waals surface area contributed by atoms with Crippen LogP contribution in [0.3, 0.4) is 0 Å². The summed E-state index contributed by atoms with van der Waals surface area (Å²) >= 11 is 0. The van der Waals surface area contributed by atoms with E-state index < -0.39 is 0 Å². The van der Waals surface area contributed by atoms with Gasteiger partial charge in [0.05, 0.1) is 0 Å². The van der Waals surface area contributed by atoms with Crippen molar-refractivity contribution < 1.29 is 0 Å². The van der Waals surface area contributed by atoms with E-state index >= 15 is 0 Å². The predicted molar refractivity (Wildman–Crippen MR) is 56.1 cm³/mol. The molecule has 1 aromatic rings. The minimum Gasteiger partial charge on any atom is -0.129 e. The average molecular weight is 168 g/mol. The van der Waals surface area contributed by atoms with E-state index in [0.29, 0.717) is 0 Å². The molecule has 0 saturated carbocycles. The molecule has 0 heterocycles. The molecule has 0 aromatic heterocycles. The molecule has 0 unspecified atom stereocenters. The molecular weight excluding hydrogens is 151 g/mol. The monoisotopic (exact) mass is 168 g/mol. The molecule has 0 aliphatic rings. The van der Waals surface area contributed by atoms with Crippen molar-refractivity contribution in [1.82, 2.24) is 0 Å². The van der Waals surface area contributed by atoms with Crippen LogP contribution >= 0.6 is 8.58 Å². The Morgan fingerprint density at radius 3 is 1.36 bits per heavy atom. The summed E-state index contributed by atoms with van der Waals surface area (Å²) in [5, 5.41) is 0. The van der Waals surface area contributed by atoms with Gasteiger partial charge in [-0.3, -0.25) is 0 Å². The highest BCUT2D eigenvalue weighted by Gasteiger charge is 1.83. The number of benzene rings is 1. The summed E-state index contributed by atoms with van der Waals surface area (Å²) in [6, 6.07) is 8.36. The first kappa shape index (κ1) is 10.7. The van der Waals surface area contributed by atoms with Gasteiger partial charge in [-0.05, 0) is 38.3 Å². The first-order chi connectivity index (χ1) is 5.22. The van der Waals surface area contributed by atoms with Gasteiger partial charge < -0.3 is 0 Å². The topological polar surface area (TPSA) is 0 Å². The van der Waals surface area contributed by atoms with Crippen molar-refractivity contribution in [2.24, 2.45) is 0 Å². The van der Waals surface area contributed by atoms with Crippen molar-refractivity contribution in [2.45, 2.75) is 13.8 Å². The first-order valence-corrected chi connectivity index (χ1v) is 5.83. The van der Waals surface area contributed by atoms with E-state index in [1.807, 2.05) is 0 Å². The van der Waals surface area contributed by atoms with Crippen molar-refractivity contribution in [2.75, 3.05) is 13.3 Å². The van der Waals surface area contributed by atoms with Crippen LogP contribution in [0, 0.1) is 13.8 Å². The van der Waals surface area contributed by atoms with Crippen molar-refractivity contribution in [3.05, 3.63) is 35.4 Å². The molecule has 0 bridgehead atoms. The molecule has 1 heteroatoms. The molecule has 11 heavy (non-hydrogen) atoms. The second-order valence-corrected chi connectivity index (χ2v) is 3.58. The summed E-state index contributed by atoms with van der Waals surface area (Å²) < 4.78 is 0. The second kappa shape index (κ2) is 6.37. The van der Waals surface area contributed by atoms with Crippen LogP contribution in [0.1, 0.15) is 11.1 Å². The van der Waals surface area contributed by atoms with E-state index in [0.717, 1.165) is 8.58 Å². The fourth-order valence-corrected chi connectivity index (χ4v) is 0.663. The summed E-state index contributed by atoms with van der Waals surface area (Å²) in [6.07, 6.45) is 0. The smallest absolute Gasteiger partial charge is 0.0395 e. The lowest BCUT2D eigenvalue weighted by molar-refractivity contribution is 1.34. The Balaban J connectivity index is 0.000000292. The van der Waals surface area contributed by atoms with Crippen LogP contribution in [-0.2, 0) is 0 Å². The highest BCUT2D eigenvalue weighted by molar-refractivity contribution is 7.35. The van der Waals surface area contributed by atoms with E-state index in [9.17, 15) is 0 Å². The maximum Gasteiger partial charge on any atom is -0.0395 e. The first-order valence-electron chi connectivity index (χ1n) is 3.83. The molecule has 0 atom stereocenters. The SMILES string of the molecule is CPC.Cc1ccccc1C. The number of aryl methyl sites for hydroxylation is 2. The predicted octanol–water partition coefficient (Wildman–Crippen LogP) is 3.23. The molecule has 1 rings (SSSR count). The Hall–Kier alpha value is -0.350. The van der Waals surface area contributed by atoms with Crippen molar-refractivity contribution in [3.63, 3.8) is 0 Å². The van der Waals surface area contributed by atoms with Crippen LogP contribution in [0.2, 0.25) is 0 Å². The molecule has 1 aromatic carbocycles. The standard InChI is InChI=1S/C8H10.C2H7P/c1-7-5-3-4-6-8(7)2;1-3-2/h3-6H,1-2H3;3H,1-2H3. The van der Waals surface area contributed by atoms with Gasteiger partial charge in [-0.15, -0.1) is 8.58 Å². The van der Waals surface area contributed by atoms with Gasteiger partial charge in [-0.2, -0.15) is 0 Å². The van der Waals surface area contributed by atoms with Crippen LogP contribution < -0.4 is 0 Å². The lowest BCUT2D eigenvalue weighted by atomic mass is 10.1. The number of hydrogen-bond acceptors (Lipinski definition) is 0. The van der Waals surface area contributed by atoms with Gasteiger partial charge in [0.1, 0.15) is 0 Å². The zero-order valence-electron chi connectivity index (χ0n) is 7.81. The zero-order valence-corrected chi connectivity index (χ0v) is 8.81. The molecule has 0 saturated heterocycles. The summed E-state index contributed by atoms with van der Waals surface area (Å²) in [5.74, 6) is 0. The van der Waals surface area contributed by atoms with Gasteiger partial charge >= 0.3 is 0 Å². The third-order valence-corrected chi connectivity index (χ3v) is 1.43. The maximum absolute atomic E-state index is 2.15. The Bertz CT molecular complexity index is 173. The summed E-state index contributed by atoms with van der Waals surface area (Å²) in [4.78, 5) is 0. The van der Waals surface area contributed by atoms with E-state index in [1.54, 1.807) is 0 Å². The second-order valence-electron chi connectivity index (χ2n) is 2.58. The molecule has 0 radical (unpaired) electrons. The number of rotatable bonds is 0. The molecule has 0 amide bonds. The third-order valence-electron chi connectivity index (χ3n) is 1.43. The van der Waals surface area contributed by atoms with Gasteiger partial charge in [0.15, 0.2) is 0 Å². The van der Waals surface area contributed by atoms with Crippen LogP contribution in [0.15, 0.2) is 24.3 Å². The Labute approximate surface area is 71.8 Å². The molecule has 0 nitrogen and oxygen atoms in total. The maximum atomic E-state index is 2.15.